The van der Waals surface area contributed by atoms with E-state index in [-0.39, 0.29) is 17.4 Å². The van der Waals surface area contributed by atoms with E-state index in [1.807, 2.05) is 0 Å². The third-order valence-electron chi connectivity index (χ3n) is 2.12. The van der Waals surface area contributed by atoms with Gasteiger partial charge in [-0.2, -0.15) is 0 Å². The zero-order valence-electron chi connectivity index (χ0n) is 8.30. The van der Waals surface area contributed by atoms with Crippen LogP contribution in [0, 0.1) is 5.82 Å². The van der Waals surface area contributed by atoms with Crippen molar-refractivity contribution in [1.82, 2.24) is 0 Å². The van der Waals surface area contributed by atoms with E-state index in [2.05, 4.69) is 0 Å². The summed E-state index contributed by atoms with van der Waals surface area (Å²) in [6.07, 6.45) is -0.207. The number of carbonyl (C=O) groups is 1. The van der Waals surface area contributed by atoms with E-state index in [1.54, 1.807) is 0 Å². The normalized spacial score (nSPS) is 12.2. The number of halogens is 1. The molecule has 0 amide bonds. The van der Waals surface area contributed by atoms with Crippen LogP contribution in [0.15, 0.2) is 18.2 Å². The van der Waals surface area contributed by atoms with Crippen LogP contribution in [0.2, 0.25) is 0 Å². The van der Waals surface area contributed by atoms with Crippen LogP contribution in [-0.4, -0.2) is 34.3 Å². The van der Waals surface area contributed by atoms with E-state index in [0.29, 0.717) is 0 Å². The summed E-state index contributed by atoms with van der Waals surface area (Å²) in [4.78, 5) is 10.5. The highest BCUT2D eigenvalue weighted by atomic mass is 19.1. The number of rotatable bonds is 4. The Kier molecular flexibility index (Phi) is 4.00. The first kappa shape index (κ1) is 12.6. The van der Waals surface area contributed by atoms with Crippen LogP contribution in [-0.2, 0) is 11.2 Å². The molecular weight excluding hydrogens is 216 g/mol. The van der Waals surface area contributed by atoms with Gasteiger partial charge < -0.3 is 20.9 Å². The maximum absolute atomic E-state index is 13.2. The van der Waals surface area contributed by atoms with Gasteiger partial charge >= 0.3 is 13.1 Å². The number of nitrogens with two attached hydrogens (primary N) is 1. The molecule has 1 atom stereocenters. The van der Waals surface area contributed by atoms with Gasteiger partial charge in [0, 0.05) is 6.42 Å². The van der Waals surface area contributed by atoms with Crippen molar-refractivity contribution in [3.63, 3.8) is 0 Å². The van der Waals surface area contributed by atoms with Crippen LogP contribution in [0.4, 0.5) is 4.39 Å². The lowest BCUT2D eigenvalue weighted by molar-refractivity contribution is -0.138. The molecule has 7 heteroatoms. The van der Waals surface area contributed by atoms with E-state index in [0.717, 1.165) is 6.07 Å². The highest BCUT2D eigenvalue weighted by molar-refractivity contribution is 6.58. The smallest absolute Gasteiger partial charge is 0.480 e. The number of aliphatic carboxylic acids is 1. The van der Waals surface area contributed by atoms with Crippen molar-refractivity contribution in [2.45, 2.75) is 12.5 Å². The molecule has 0 spiro atoms. The largest absolute Gasteiger partial charge is 0.488 e. The standard InChI is InChI=1S/C9H11BFNO4/c11-7-2-1-6(10(15)16)3-5(7)4-8(12)9(13)14/h1-3,8,15-16H,4,12H2,(H,13,14)/t8-/m0/s1. The number of hydrogen-bond acceptors (Lipinski definition) is 4. The Bertz CT molecular complexity index is 399. The molecular formula is C9H11BFNO4. The molecule has 0 aliphatic carbocycles. The molecule has 0 aromatic heterocycles. The minimum Gasteiger partial charge on any atom is -0.480 e. The molecule has 0 saturated heterocycles. The Hall–Kier alpha value is -1.44. The zero-order valence-corrected chi connectivity index (χ0v) is 8.30. The Morgan fingerprint density at radius 1 is 1.50 bits per heavy atom. The monoisotopic (exact) mass is 227 g/mol. The fourth-order valence-corrected chi connectivity index (χ4v) is 1.24. The first-order chi connectivity index (χ1) is 7.41. The van der Waals surface area contributed by atoms with Gasteiger partial charge in [0.25, 0.3) is 0 Å². The van der Waals surface area contributed by atoms with Crippen LogP contribution < -0.4 is 11.2 Å². The molecule has 0 aliphatic rings. The zero-order chi connectivity index (χ0) is 12.3. The minimum atomic E-state index is -1.72. The molecule has 16 heavy (non-hydrogen) atoms. The number of benzene rings is 1. The SMILES string of the molecule is N[C@@H](Cc1cc(B(O)O)ccc1F)C(=O)O. The quantitative estimate of drug-likeness (QED) is 0.466. The van der Waals surface area contributed by atoms with E-state index in [4.69, 9.17) is 20.9 Å². The van der Waals surface area contributed by atoms with Crippen molar-refractivity contribution in [1.29, 1.82) is 0 Å². The van der Waals surface area contributed by atoms with Gasteiger partial charge in [-0.3, -0.25) is 4.79 Å². The molecule has 86 valence electrons. The maximum Gasteiger partial charge on any atom is 0.488 e. The van der Waals surface area contributed by atoms with Crippen LogP contribution in [0.5, 0.6) is 0 Å². The van der Waals surface area contributed by atoms with Gasteiger partial charge in [-0.15, -0.1) is 0 Å². The molecule has 0 saturated carbocycles. The van der Waals surface area contributed by atoms with Gasteiger partial charge in [0.2, 0.25) is 0 Å². The molecule has 0 radical (unpaired) electrons. The van der Waals surface area contributed by atoms with Gasteiger partial charge in [-0.1, -0.05) is 12.1 Å². The van der Waals surface area contributed by atoms with Crippen molar-refractivity contribution >= 4 is 18.6 Å². The average Bonchev–Trinajstić information content (AvgIpc) is 2.20. The first-order valence-electron chi connectivity index (χ1n) is 4.54. The Morgan fingerprint density at radius 3 is 2.62 bits per heavy atom. The fourth-order valence-electron chi connectivity index (χ4n) is 1.24. The summed E-state index contributed by atoms with van der Waals surface area (Å²) >= 11 is 0. The van der Waals surface area contributed by atoms with Crippen LogP contribution in [0.1, 0.15) is 5.56 Å². The van der Waals surface area contributed by atoms with Crippen molar-refractivity contribution < 1.29 is 24.3 Å². The lowest BCUT2D eigenvalue weighted by Crippen LogP contribution is -2.34. The second-order valence-corrected chi connectivity index (χ2v) is 3.37. The number of hydrogen-bond donors (Lipinski definition) is 4. The molecule has 5 N–H and O–H groups in total. The predicted octanol–water partition coefficient (Wildman–Crippen LogP) is -1.54. The summed E-state index contributed by atoms with van der Waals surface area (Å²) in [5.74, 6) is -1.87. The molecule has 0 heterocycles. The Balaban J connectivity index is 2.94. The maximum atomic E-state index is 13.2. The van der Waals surface area contributed by atoms with Crippen molar-refractivity contribution in [3.8, 4) is 0 Å². The molecule has 1 aromatic rings. The molecule has 5 nitrogen and oxygen atoms in total. The second-order valence-electron chi connectivity index (χ2n) is 3.37. The highest BCUT2D eigenvalue weighted by Gasteiger charge is 2.18. The average molecular weight is 227 g/mol. The first-order valence-corrected chi connectivity index (χ1v) is 4.54. The van der Waals surface area contributed by atoms with Gasteiger partial charge in [0.05, 0.1) is 0 Å². The van der Waals surface area contributed by atoms with Crippen molar-refractivity contribution in [2.24, 2.45) is 5.73 Å². The minimum absolute atomic E-state index is 0.0421. The molecule has 1 aromatic carbocycles. The predicted molar refractivity (Wildman–Crippen MR) is 55.5 cm³/mol. The Labute approximate surface area is 91.5 Å². The Morgan fingerprint density at radius 2 is 2.12 bits per heavy atom. The number of carboxylic acid groups (broad SMARTS) is 1. The fraction of sp³-hybridized carbons (Fsp3) is 0.222. The molecule has 0 bridgehead atoms. The molecule has 0 aliphatic heterocycles. The topological polar surface area (TPSA) is 104 Å². The summed E-state index contributed by atoms with van der Waals surface area (Å²) in [5, 5.41) is 26.3. The molecule has 1 rings (SSSR count). The third kappa shape index (κ3) is 3.03. The summed E-state index contributed by atoms with van der Waals surface area (Å²) in [6, 6.07) is 2.21. The van der Waals surface area contributed by atoms with Crippen LogP contribution in [0.25, 0.3) is 0 Å². The van der Waals surface area contributed by atoms with E-state index in [9.17, 15) is 9.18 Å². The van der Waals surface area contributed by atoms with Crippen LogP contribution >= 0.6 is 0 Å². The summed E-state index contributed by atoms with van der Waals surface area (Å²) in [7, 11) is -1.72. The van der Waals surface area contributed by atoms with E-state index < -0.39 is 24.9 Å². The van der Waals surface area contributed by atoms with Crippen LogP contribution in [0.3, 0.4) is 0 Å². The molecule has 0 unspecified atom stereocenters. The van der Waals surface area contributed by atoms with E-state index in [1.165, 1.54) is 12.1 Å². The van der Waals surface area contributed by atoms with Crippen molar-refractivity contribution in [3.05, 3.63) is 29.6 Å². The van der Waals surface area contributed by atoms with Gasteiger partial charge in [-0.25, -0.2) is 4.39 Å². The highest BCUT2D eigenvalue weighted by Crippen LogP contribution is 2.07. The third-order valence-corrected chi connectivity index (χ3v) is 2.12. The summed E-state index contributed by atoms with van der Waals surface area (Å²) in [5.41, 5.74) is 5.39. The van der Waals surface area contributed by atoms with Gasteiger partial charge in [0.15, 0.2) is 0 Å². The van der Waals surface area contributed by atoms with Gasteiger partial charge in [-0.05, 0) is 17.1 Å². The molecule has 0 fully saturated rings. The lowest BCUT2D eigenvalue weighted by atomic mass is 9.79. The van der Waals surface area contributed by atoms with Crippen molar-refractivity contribution in [2.75, 3.05) is 0 Å². The van der Waals surface area contributed by atoms with Gasteiger partial charge in [0.1, 0.15) is 11.9 Å². The lowest BCUT2D eigenvalue weighted by Gasteiger charge is -2.09. The summed E-state index contributed by atoms with van der Waals surface area (Å²) in [6.45, 7) is 0. The second kappa shape index (κ2) is 5.06. The summed E-state index contributed by atoms with van der Waals surface area (Å²) < 4.78 is 13.2. The number of carboxylic acids is 1. The van der Waals surface area contributed by atoms with E-state index >= 15 is 0 Å².